The van der Waals surface area contributed by atoms with E-state index in [1.165, 1.54) is 0 Å². The molecular weight excluding hydrogens is 222 g/mol. The number of nitrogens with zero attached hydrogens (tertiary/aromatic N) is 2. The van der Waals surface area contributed by atoms with Gasteiger partial charge in [0.05, 0.1) is 0 Å². The molecule has 82 valence electrons. The zero-order valence-electron chi connectivity index (χ0n) is 8.50. The first-order valence-corrected chi connectivity index (χ1v) is 5.16. The lowest BCUT2D eigenvalue weighted by Crippen LogP contribution is -2.17. The largest absolute Gasteiger partial charge is 0.508 e. The third kappa shape index (κ3) is 2.20. The van der Waals surface area contributed by atoms with Gasteiger partial charge in [-0.3, -0.25) is 0 Å². The summed E-state index contributed by atoms with van der Waals surface area (Å²) in [7, 11) is 0. The lowest BCUT2D eigenvalue weighted by molar-refractivity contribution is 0.474. The van der Waals surface area contributed by atoms with Crippen LogP contribution >= 0.6 is 12.2 Å². The van der Waals surface area contributed by atoms with Crippen LogP contribution in [-0.4, -0.2) is 19.6 Å². The molecule has 4 nitrogen and oxygen atoms in total. The molecule has 0 saturated heterocycles. The van der Waals surface area contributed by atoms with Crippen molar-refractivity contribution in [1.29, 1.82) is 0 Å². The average molecular weight is 233 g/mol. The topological polar surface area (TPSA) is 64.1 Å². The molecule has 0 atom stereocenters. The zero-order chi connectivity index (χ0) is 11.5. The molecule has 0 saturated carbocycles. The van der Waals surface area contributed by atoms with E-state index in [1.54, 1.807) is 30.6 Å². The van der Waals surface area contributed by atoms with Gasteiger partial charge in [-0.25, -0.2) is 4.98 Å². The molecule has 0 unspecified atom stereocenters. The molecular formula is C11H11N3OS. The van der Waals surface area contributed by atoms with Crippen LogP contribution < -0.4 is 5.73 Å². The van der Waals surface area contributed by atoms with E-state index in [0.717, 1.165) is 5.56 Å². The minimum atomic E-state index is 0.245. The van der Waals surface area contributed by atoms with E-state index in [9.17, 15) is 5.11 Å². The zero-order valence-corrected chi connectivity index (χ0v) is 9.31. The average Bonchev–Trinajstić information content (AvgIpc) is 2.66. The van der Waals surface area contributed by atoms with Crippen LogP contribution in [0.15, 0.2) is 36.7 Å². The Balaban J connectivity index is 2.27. The summed E-state index contributed by atoms with van der Waals surface area (Å²) >= 11 is 4.89. The van der Waals surface area contributed by atoms with Crippen molar-refractivity contribution >= 4 is 17.2 Å². The number of aromatic hydroxyl groups is 1. The van der Waals surface area contributed by atoms with Crippen molar-refractivity contribution in [3.8, 4) is 5.75 Å². The Morgan fingerprint density at radius 3 is 3.00 bits per heavy atom. The van der Waals surface area contributed by atoms with Crippen LogP contribution in [0.5, 0.6) is 5.75 Å². The molecule has 0 spiro atoms. The molecule has 16 heavy (non-hydrogen) atoms. The number of aromatic nitrogens is 2. The Hall–Kier alpha value is -1.88. The summed E-state index contributed by atoms with van der Waals surface area (Å²) < 4.78 is 1.84. The first kappa shape index (κ1) is 10.6. The number of imidazole rings is 1. The molecule has 0 aliphatic heterocycles. The van der Waals surface area contributed by atoms with Gasteiger partial charge in [-0.05, 0) is 17.7 Å². The third-order valence-electron chi connectivity index (χ3n) is 2.20. The van der Waals surface area contributed by atoms with Gasteiger partial charge in [-0.1, -0.05) is 24.4 Å². The third-order valence-corrected chi connectivity index (χ3v) is 2.38. The van der Waals surface area contributed by atoms with Crippen LogP contribution in [0.25, 0.3) is 0 Å². The van der Waals surface area contributed by atoms with Crippen molar-refractivity contribution in [2.45, 2.75) is 6.54 Å². The van der Waals surface area contributed by atoms with E-state index in [1.807, 2.05) is 10.6 Å². The van der Waals surface area contributed by atoms with Crippen molar-refractivity contribution < 1.29 is 5.11 Å². The van der Waals surface area contributed by atoms with Crippen LogP contribution in [0.4, 0.5) is 0 Å². The van der Waals surface area contributed by atoms with E-state index in [-0.39, 0.29) is 10.7 Å². The van der Waals surface area contributed by atoms with Crippen LogP contribution in [0.3, 0.4) is 0 Å². The summed E-state index contributed by atoms with van der Waals surface area (Å²) in [5.41, 5.74) is 6.51. The molecule has 5 heteroatoms. The molecule has 0 fully saturated rings. The van der Waals surface area contributed by atoms with Gasteiger partial charge in [-0.2, -0.15) is 0 Å². The number of phenols is 1. The molecule has 1 aromatic heterocycles. The van der Waals surface area contributed by atoms with Crippen LogP contribution in [0.2, 0.25) is 0 Å². The van der Waals surface area contributed by atoms with E-state index in [0.29, 0.717) is 12.4 Å². The normalized spacial score (nSPS) is 10.2. The SMILES string of the molecule is NC(=S)c1nccn1Cc1cccc(O)c1. The Labute approximate surface area is 98.4 Å². The van der Waals surface area contributed by atoms with Gasteiger partial charge in [0, 0.05) is 18.9 Å². The number of phenolic OH excluding ortho intramolecular Hbond substituents is 1. The highest BCUT2D eigenvalue weighted by Gasteiger charge is 2.05. The summed E-state index contributed by atoms with van der Waals surface area (Å²) in [5, 5.41) is 9.34. The number of thiocarbonyl (C=S) groups is 1. The maximum Gasteiger partial charge on any atom is 0.167 e. The fourth-order valence-electron chi connectivity index (χ4n) is 1.51. The fourth-order valence-corrected chi connectivity index (χ4v) is 1.68. The summed E-state index contributed by atoms with van der Waals surface area (Å²) in [6, 6.07) is 7.04. The fraction of sp³-hybridized carbons (Fsp3) is 0.0909. The van der Waals surface area contributed by atoms with Gasteiger partial charge in [-0.15, -0.1) is 0 Å². The van der Waals surface area contributed by atoms with Gasteiger partial charge in [0.1, 0.15) is 10.7 Å². The van der Waals surface area contributed by atoms with Crippen molar-refractivity contribution in [2.24, 2.45) is 5.73 Å². The molecule has 1 heterocycles. The monoisotopic (exact) mass is 233 g/mol. The van der Waals surface area contributed by atoms with Crippen molar-refractivity contribution in [3.63, 3.8) is 0 Å². The molecule has 2 rings (SSSR count). The second kappa shape index (κ2) is 4.32. The molecule has 0 bridgehead atoms. The highest BCUT2D eigenvalue weighted by Crippen LogP contribution is 2.12. The van der Waals surface area contributed by atoms with E-state index < -0.39 is 0 Å². The number of rotatable bonds is 3. The standard InChI is InChI=1S/C11H11N3OS/c12-10(16)11-13-4-5-14(11)7-8-2-1-3-9(15)6-8/h1-6,15H,7H2,(H2,12,16). The molecule has 3 N–H and O–H groups in total. The second-order valence-electron chi connectivity index (χ2n) is 3.41. The highest BCUT2D eigenvalue weighted by molar-refractivity contribution is 7.80. The Kier molecular flexibility index (Phi) is 2.87. The molecule has 0 aliphatic carbocycles. The van der Waals surface area contributed by atoms with E-state index in [4.69, 9.17) is 18.0 Å². The van der Waals surface area contributed by atoms with Gasteiger partial charge in [0.2, 0.25) is 0 Å². The number of nitrogens with two attached hydrogens (primary N) is 1. The lowest BCUT2D eigenvalue weighted by atomic mass is 10.2. The van der Waals surface area contributed by atoms with Gasteiger partial charge in [0.15, 0.2) is 5.82 Å². The summed E-state index contributed by atoms with van der Waals surface area (Å²) in [5.74, 6) is 0.827. The van der Waals surface area contributed by atoms with Crippen LogP contribution in [0.1, 0.15) is 11.4 Å². The maximum absolute atomic E-state index is 9.34. The van der Waals surface area contributed by atoms with Gasteiger partial charge in [0.25, 0.3) is 0 Å². The Morgan fingerprint density at radius 1 is 1.50 bits per heavy atom. The van der Waals surface area contributed by atoms with Crippen LogP contribution in [0, 0.1) is 0 Å². The number of benzene rings is 1. The van der Waals surface area contributed by atoms with Gasteiger partial charge >= 0.3 is 0 Å². The second-order valence-corrected chi connectivity index (χ2v) is 3.85. The maximum atomic E-state index is 9.34. The summed E-state index contributed by atoms with van der Waals surface area (Å²) in [6.07, 6.45) is 3.45. The summed E-state index contributed by atoms with van der Waals surface area (Å²) in [4.78, 5) is 4.34. The Morgan fingerprint density at radius 2 is 2.31 bits per heavy atom. The molecule has 2 aromatic rings. The van der Waals surface area contributed by atoms with Crippen LogP contribution in [-0.2, 0) is 6.54 Å². The van der Waals surface area contributed by atoms with E-state index in [2.05, 4.69) is 4.98 Å². The number of hydrogen-bond acceptors (Lipinski definition) is 3. The molecule has 1 aromatic carbocycles. The highest BCUT2D eigenvalue weighted by atomic mass is 32.1. The van der Waals surface area contributed by atoms with Crippen molar-refractivity contribution in [2.75, 3.05) is 0 Å². The van der Waals surface area contributed by atoms with Gasteiger partial charge < -0.3 is 15.4 Å². The predicted octanol–water partition coefficient (Wildman–Crippen LogP) is 1.27. The smallest absolute Gasteiger partial charge is 0.167 e. The predicted molar refractivity (Wildman–Crippen MR) is 65.3 cm³/mol. The quantitative estimate of drug-likeness (QED) is 0.784. The minimum Gasteiger partial charge on any atom is -0.508 e. The molecule has 0 aliphatic rings. The Bertz CT molecular complexity index is 521. The first-order chi connectivity index (χ1) is 7.66. The first-order valence-electron chi connectivity index (χ1n) is 4.75. The molecule has 0 radical (unpaired) electrons. The lowest BCUT2D eigenvalue weighted by Gasteiger charge is -2.06. The number of hydrogen-bond donors (Lipinski definition) is 2. The van der Waals surface area contributed by atoms with E-state index >= 15 is 0 Å². The minimum absolute atomic E-state index is 0.245. The summed E-state index contributed by atoms with van der Waals surface area (Å²) in [6.45, 7) is 0.584. The molecule has 0 amide bonds. The van der Waals surface area contributed by atoms with Crippen molar-refractivity contribution in [1.82, 2.24) is 9.55 Å². The van der Waals surface area contributed by atoms with Crippen molar-refractivity contribution in [3.05, 3.63) is 48.0 Å².